The molecule has 0 aliphatic rings. The number of hydrogen-bond donors (Lipinski definition) is 1. The average Bonchev–Trinajstić information content (AvgIpc) is 2.47. The Morgan fingerprint density at radius 3 is 2.48 bits per heavy atom. The van der Waals surface area contributed by atoms with Gasteiger partial charge in [-0.1, -0.05) is 38.0 Å². The Labute approximate surface area is 128 Å². The van der Waals surface area contributed by atoms with Crippen LogP contribution in [-0.2, 0) is 10.0 Å². The Morgan fingerprint density at radius 2 is 1.90 bits per heavy atom. The van der Waals surface area contributed by atoms with Crippen molar-refractivity contribution in [2.24, 2.45) is 5.92 Å². The third-order valence-electron chi connectivity index (χ3n) is 3.27. The highest BCUT2D eigenvalue weighted by atomic mass is 32.2. The molecule has 1 rings (SSSR count). The largest absolute Gasteiger partial charge is 0.240 e. The van der Waals surface area contributed by atoms with Gasteiger partial charge in [0.15, 0.2) is 0 Å². The maximum Gasteiger partial charge on any atom is 0.240 e. The molecule has 0 saturated carbocycles. The normalized spacial score (nSPS) is 12.5. The molecule has 1 N–H and O–H groups in total. The van der Waals surface area contributed by atoms with Crippen LogP contribution >= 0.6 is 0 Å². The van der Waals surface area contributed by atoms with Crippen LogP contribution in [0.3, 0.4) is 0 Å². The summed E-state index contributed by atoms with van der Waals surface area (Å²) in [6.45, 7) is 6.50. The minimum Gasteiger partial charge on any atom is -0.211 e. The Bertz CT molecular complexity index is 582. The van der Waals surface area contributed by atoms with Gasteiger partial charge in [-0.25, -0.2) is 13.1 Å². The van der Waals surface area contributed by atoms with E-state index in [9.17, 15) is 8.42 Å². The number of rotatable bonds is 8. The fourth-order valence-electron chi connectivity index (χ4n) is 1.77. The molecule has 0 radical (unpaired) electrons. The third kappa shape index (κ3) is 6.30. The monoisotopic (exact) mass is 307 g/mol. The summed E-state index contributed by atoms with van der Waals surface area (Å²) in [7, 11) is -3.43. The van der Waals surface area contributed by atoms with Crippen LogP contribution in [0.2, 0.25) is 0 Å². The molecule has 1 atom stereocenters. The molecule has 21 heavy (non-hydrogen) atoms. The summed E-state index contributed by atoms with van der Waals surface area (Å²) in [5, 5.41) is 0. The van der Waals surface area contributed by atoms with Crippen LogP contribution < -0.4 is 4.72 Å². The van der Waals surface area contributed by atoms with Crippen LogP contribution in [0.15, 0.2) is 47.0 Å². The fourth-order valence-corrected chi connectivity index (χ4v) is 2.86. The lowest BCUT2D eigenvalue weighted by Crippen LogP contribution is -2.28. The minimum atomic E-state index is -3.43. The lowest BCUT2D eigenvalue weighted by molar-refractivity contribution is 0.557. The van der Waals surface area contributed by atoms with Crippen LogP contribution in [-0.4, -0.2) is 15.0 Å². The summed E-state index contributed by atoms with van der Waals surface area (Å²) in [4.78, 5) is 0.313. The summed E-state index contributed by atoms with van der Waals surface area (Å²) in [6.07, 6.45) is 6.92. The highest BCUT2D eigenvalue weighted by Crippen LogP contribution is 2.11. The zero-order chi connectivity index (χ0) is 15.7. The number of nitrogens with one attached hydrogen (secondary N) is 1. The van der Waals surface area contributed by atoms with E-state index in [2.05, 4.69) is 17.4 Å². The first kappa shape index (κ1) is 17.7. The van der Waals surface area contributed by atoms with E-state index in [0.29, 0.717) is 11.4 Å². The zero-order valence-electron chi connectivity index (χ0n) is 13.1. The maximum absolute atomic E-state index is 12.2. The standard InChI is InChI=1S/C17H25NO2S/c1-4-6-7-8-9-16(5-2)14-18-21(19,20)17-12-10-15(3)11-13-17/h7,9-13,16,18H,4-6,14H2,1-3H3. The lowest BCUT2D eigenvalue weighted by atomic mass is 10.1. The predicted octanol–water partition coefficient (Wildman–Crippen LogP) is 3.81. The molecule has 1 unspecified atom stereocenters. The molecule has 0 aromatic heterocycles. The molecule has 3 nitrogen and oxygen atoms in total. The molecule has 116 valence electrons. The van der Waals surface area contributed by atoms with Crippen molar-refractivity contribution in [3.63, 3.8) is 0 Å². The van der Waals surface area contributed by atoms with Crippen molar-refractivity contribution in [2.45, 2.75) is 44.9 Å². The first-order chi connectivity index (χ1) is 9.99. The van der Waals surface area contributed by atoms with Gasteiger partial charge in [-0.05, 0) is 50.0 Å². The van der Waals surface area contributed by atoms with Crippen LogP contribution in [0.4, 0.5) is 0 Å². The number of sulfonamides is 1. The molecule has 0 aliphatic heterocycles. The number of hydrogen-bond acceptors (Lipinski definition) is 2. The third-order valence-corrected chi connectivity index (χ3v) is 4.71. The molecule has 0 saturated heterocycles. The van der Waals surface area contributed by atoms with Crippen molar-refractivity contribution in [2.75, 3.05) is 6.54 Å². The maximum atomic E-state index is 12.2. The molecule has 0 bridgehead atoms. The van der Waals surface area contributed by atoms with Gasteiger partial charge in [-0.2, -0.15) is 0 Å². The Kier molecular flexibility index (Phi) is 7.44. The predicted molar refractivity (Wildman–Crippen MR) is 87.7 cm³/mol. The van der Waals surface area contributed by atoms with Crippen molar-refractivity contribution < 1.29 is 8.42 Å². The van der Waals surface area contributed by atoms with Gasteiger partial charge in [0.05, 0.1) is 4.90 Å². The van der Waals surface area contributed by atoms with Crippen LogP contribution in [0.1, 0.15) is 38.7 Å². The molecular weight excluding hydrogens is 282 g/mol. The van der Waals surface area contributed by atoms with Gasteiger partial charge in [-0.15, -0.1) is 5.73 Å². The van der Waals surface area contributed by atoms with Crippen molar-refractivity contribution in [1.82, 2.24) is 4.72 Å². The highest BCUT2D eigenvalue weighted by molar-refractivity contribution is 7.89. The van der Waals surface area contributed by atoms with E-state index in [1.165, 1.54) is 0 Å². The van der Waals surface area contributed by atoms with E-state index in [4.69, 9.17) is 0 Å². The van der Waals surface area contributed by atoms with E-state index in [0.717, 1.165) is 24.8 Å². The second-order valence-corrected chi connectivity index (χ2v) is 6.93. The van der Waals surface area contributed by atoms with Crippen molar-refractivity contribution >= 4 is 10.0 Å². The molecule has 4 heteroatoms. The van der Waals surface area contributed by atoms with Gasteiger partial charge in [0.2, 0.25) is 10.0 Å². The molecule has 1 aromatic rings. The summed E-state index contributed by atoms with van der Waals surface area (Å²) in [6, 6.07) is 6.88. The SMILES string of the molecule is CCCC=C=CC(CC)CNS(=O)(=O)c1ccc(C)cc1. The Morgan fingerprint density at radius 1 is 1.24 bits per heavy atom. The van der Waals surface area contributed by atoms with E-state index in [1.807, 2.05) is 26.0 Å². The lowest BCUT2D eigenvalue weighted by Gasteiger charge is -2.11. The number of aryl methyl sites for hydroxylation is 1. The Balaban J connectivity index is 2.67. The quantitative estimate of drug-likeness (QED) is 0.742. The van der Waals surface area contributed by atoms with Gasteiger partial charge >= 0.3 is 0 Å². The fraction of sp³-hybridized carbons (Fsp3) is 0.471. The van der Waals surface area contributed by atoms with Crippen LogP contribution in [0, 0.1) is 12.8 Å². The van der Waals surface area contributed by atoms with E-state index >= 15 is 0 Å². The first-order valence-corrected chi connectivity index (χ1v) is 8.95. The number of unbranched alkanes of at least 4 members (excludes halogenated alkanes) is 1. The summed E-state index contributed by atoms with van der Waals surface area (Å²) >= 11 is 0. The van der Waals surface area contributed by atoms with Crippen molar-refractivity contribution in [1.29, 1.82) is 0 Å². The Hall–Kier alpha value is -1.35. The average molecular weight is 307 g/mol. The highest BCUT2D eigenvalue weighted by Gasteiger charge is 2.14. The molecule has 0 spiro atoms. The molecule has 0 amide bonds. The smallest absolute Gasteiger partial charge is 0.211 e. The summed E-state index contributed by atoms with van der Waals surface area (Å²) < 4.78 is 27.0. The van der Waals surface area contributed by atoms with Crippen LogP contribution in [0.5, 0.6) is 0 Å². The minimum absolute atomic E-state index is 0.165. The van der Waals surface area contributed by atoms with E-state index < -0.39 is 10.0 Å². The van der Waals surface area contributed by atoms with Crippen molar-refractivity contribution in [3.8, 4) is 0 Å². The molecule has 1 aromatic carbocycles. The molecule has 0 heterocycles. The molecular formula is C17H25NO2S. The van der Waals surface area contributed by atoms with E-state index in [-0.39, 0.29) is 5.92 Å². The summed E-state index contributed by atoms with van der Waals surface area (Å²) in [5.41, 5.74) is 4.18. The summed E-state index contributed by atoms with van der Waals surface area (Å²) in [5.74, 6) is 0.165. The van der Waals surface area contributed by atoms with Crippen molar-refractivity contribution in [3.05, 3.63) is 47.7 Å². The first-order valence-electron chi connectivity index (χ1n) is 7.47. The zero-order valence-corrected chi connectivity index (χ0v) is 13.9. The van der Waals surface area contributed by atoms with Crippen LogP contribution in [0.25, 0.3) is 0 Å². The molecule has 0 fully saturated rings. The second-order valence-electron chi connectivity index (χ2n) is 5.16. The topological polar surface area (TPSA) is 46.2 Å². The van der Waals surface area contributed by atoms with E-state index in [1.54, 1.807) is 24.3 Å². The van der Waals surface area contributed by atoms with Gasteiger partial charge in [-0.3, -0.25) is 0 Å². The second kappa shape index (κ2) is 8.83. The van der Waals surface area contributed by atoms with Gasteiger partial charge in [0.1, 0.15) is 0 Å². The van der Waals surface area contributed by atoms with Gasteiger partial charge in [0, 0.05) is 6.54 Å². The molecule has 0 aliphatic carbocycles. The van der Waals surface area contributed by atoms with Gasteiger partial charge < -0.3 is 0 Å². The van der Waals surface area contributed by atoms with Gasteiger partial charge in [0.25, 0.3) is 0 Å². The number of benzene rings is 1.